The van der Waals surface area contributed by atoms with Crippen molar-refractivity contribution in [2.45, 2.75) is 50.2 Å². The molecule has 4 nitrogen and oxygen atoms in total. The van der Waals surface area contributed by atoms with Crippen molar-refractivity contribution in [3.8, 4) is 11.6 Å². The summed E-state index contributed by atoms with van der Waals surface area (Å²) in [7, 11) is 0. The average Bonchev–Trinajstić information content (AvgIpc) is 3.15. The van der Waals surface area contributed by atoms with Gasteiger partial charge in [0.05, 0.1) is 6.26 Å². The molecule has 112 valence electrons. The van der Waals surface area contributed by atoms with Gasteiger partial charge in [-0.3, -0.25) is 4.57 Å². The Labute approximate surface area is 129 Å². The zero-order valence-corrected chi connectivity index (χ0v) is 13.2. The first-order chi connectivity index (χ1) is 10.3. The molecule has 0 aromatic carbocycles. The van der Waals surface area contributed by atoms with E-state index in [-0.39, 0.29) is 0 Å². The molecular weight excluding hydrogens is 282 g/mol. The molecule has 0 saturated heterocycles. The van der Waals surface area contributed by atoms with Crippen LogP contribution < -0.4 is 0 Å². The molecule has 0 spiro atoms. The van der Waals surface area contributed by atoms with Gasteiger partial charge in [-0.05, 0) is 31.9 Å². The molecule has 21 heavy (non-hydrogen) atoms. The van der Waals surface area contributed by atoms with Gasteiger partial charge in [0.15, 0.2) is 10.9 Å². The van der Waals surface area contributed by atoms with Gasteiger partial charge in [0.1, 0.15) is 0 Å². The largest absolute Gasteiger partial charge is 0.461 e. The van der Waals surface area contributed by atoms with Crippen molar-refractivity contribution >= 4 is 11.8 Å². The maximum Gasteiger partial charge on any atom is 0.200 e. The first-order valence-corrected chi connectivity index (χ1v) is 8.50. The number of hydrogen-bond donors (Lipinski definition) is 0. The van der Waals surface area contributed by atoms with Crippen LogP contribution in [0, 0.1) is 0 Å². The van der Waals surface area contributed by atoms with E-state index in [9.17, 15) is 0 Å². The quantitative estimate of drug-likeness (QED) is 0.592. The lowest BCUT2D eigenvalue weighted by atomic mass is 9.95. The van der Waals surface area contributed by atoms with E-state index in [0.29, 0.717) is 6.04 Å². The Morgan fingerprint density at radius 2 is 2.19 bits per heavy atom. The van der Waals surface area contributed by atoms with Crippen LogP contribution in [0.15, 0.2) is 40.1 Å². The molecule has 5 heteroatoms. The van der Waals surface area contributed by atoms with Gasteiger partial charge in [-0.15, -0.1) is 10.2 Å². The monoisotopic (exact) mass is 303 g/mol. The number of thioether (sulfide) groups is 1. The zero-order chi connectivity index (χ0) is 14.7. The molecule has 2 aromatic rings. The Morgan fingerprint density at radius 3 is 2.86 bits per heavy atom. The van der Waals surface area contributed by atoms with E-state index in [0.717, 1.165) is 28.1 Å². The molecule has 0 aliphatic heterocycles. The molecule has 2 aromatic heterocycles. The van der Waals surface area contributed by atoms with E-state index < -0.39 is 0 Å². The van der Waals surface area contributed by atoms with Crippen molar-refractivity contribution in [1.82, 2.24) is 14.8 Å². The van der Waals surface area contributed by atoms with Crippen molar-refractivity contribution in [1.29, 1.82) is 0 Å². The van der Waals surface area contributed by atoms with Crippen molar-refractivity contribution in [2.24, 2.45) is 0 Å². The number of aromatic nitrogens is 3. The van der Waals surface area contributed by atoms with Crippen LogP contribution in [0.4, 0.5) is 0 Å². The van der Waals surface area contributed by atoms with Gasteiger partial charge in [-0.1, -0.05) is 43.2 Å². The molecule has 1 fully saturated rings. The fraction of sp³-hybridized carbons (Fsp3) is 0.500. The minimum atomic E-state index is 0.487. The normalized spacial score (nSPS) is 16.2. The maximum absolute atomic E-state index is 5.54. The number of rotatable bonds is 5. The molecule has 0 atom stereocenters. The number of hydrogen-bond acceptors (Lipinski definition) is 4. The predicted molar refractivity (Wildman–Crippen MR) is 85.4 cm³/mol. The van der Waals surface area contributed by atoms with Crippen LogP contribution in [0.1, 0.15) is 45.1 Å². The summed E-state index contributed by atoms with van der Waals surface area (Å²) < 4.78 is 7.82. The summed E-state index contributed by atoms with van der Waals surface area (Å²) in [6.07, 6.45) is 7.99. The molecule has 1 saturated carbocycles. The van der Waals surface area contributed by atoms with Gasteiger partial charge >= 0.3 is 0 Å². The summed E-state index contributed by atoms with van der Waals surface area (Å²) in [6, 6.07) is 4.34. The highest BCUT2D eigenvalue weighted by atomic mass is 32.2. The Balaban J connectivity index is 1.94. The Kier molecular flexibility index (Phi) is 4.48. The zero-order valence-electron chi connectivity index (χ0n) is 12.4. The van der Waals surface area contributed by atoms with E-state index in [2.05, 4.69) is 21.3 Å². The van der Waals surface area contributed by atoms with E-state index in [1.807, 2.05) is 19.1 Å². The second-order valence-electron chi connectivity index (χ2n) is 5.69. The third kappa shape index (κ3) is 3.23. The van der Waals surface area contributed by atoms with Crippen LogP contribution in [0.5, 0.6) is 0 Å². The summed E-state index contributed by atoms with van der Waals surface area (Å²) in [5, 5.41) is 9.76. The number of nitrogens with zero attached hydrogens (tertiary/aromatic N) is 3. The Hall–Kier alpha value is -1.49. The van der Waals surface area contributed by atoms with Crippen molar-refractivity contribution in [2.75, 3.05) is 5.75 Å². The molecular formula is C16H21N3OS. The summed E-state index contributed by atoms with van der Waals surface area (Å²) in [5.41, 5.74) is 1.15. The molecule has 1 aliphatic carbocycles. The third-order valence-electron chi connectivity index (χ3n) is 3.79. The third-order valence-corrected chi connectivity index (χ3v) is 4.97. The highest BCUT2D eigenvalue weighted by Gasteiger charge is 2.24. The van der Waals surface area contributed by atoms with Gasteiger partial charge in [-0.25, -0.2) is 0 Å². The van der Waals surface area contributed by atoms with E-state index >= 15 is 0 Å². The van der Waals surface area contributed by atoms with Crippen molar-refractivity contribution in [3.05, 3.63) is 30.5 Å². The lowest BCUT2D eigenvalue weighted by Gasteiger charge is -2.25. The molecule has 0 bridgehead atoms. The summed E-state index contributed by atoms with van der Waals surface area (Å²) in [6.45, 7) is 6.02. The Morgan fingerprint density at radius 1 is 1.38 bits per heavy atom. The molecule has 0 N–H and O–H groups in total. The second kappa shape index (κ2) is 6.52. The highest BCUT2D eigenvalue weighted by Crippen LogP contribution is 2.35. The smallest absolute Gasteiger partial charge is 0.200 e. The SMILES string of the molecule is C=C(C)CSc1nnc(-c2ccco2)n1C1CCCCC1. The number of furan rings is 1. The Bertz CT molecular complexity index is 597. The van der Waals surface area contributed by atoms with Gasteiger partial charge in [0.25, 0.3) is 0 Å². The minimum Gasteiger partial charge on any atom is -0.461 e. The first kappa shape index (κ1) is 14.4. The van der Waals surface area contributed by atoms with E-state index in [1.165, 1.54) is 32.1 Å². The summed E-state index contributed by atoms with van der Waals surface area (Å²) in [4.78, 5) is 0. The van der Waals surface area contributed by atoms with Crippen molar-refractivity contribution in [3.63, 3.8) is 0 Å². The van der Waals surface area contributed by atoms with Crippen molar-refractivity contribution < 1.29 is 4.42 Å². The lowest BCUT2D eigenvalue weighted by Crippen LogP contribution is -2.15. The average molecular weight is 303 g/mol. The highest BCUT2D eigenvalue weighted by molar-refractivity contribution is 7.99. The van der Waals surface area contributed by atoms with Crippen LogP contribution in [-0.2, 0) is 0 Å². The fourth-order valence-corrected chi connectivity index (χ4v) is 3.65. The van der Waals surface area contributed by atoms with Crippen LogP contribution in [0.25, 0.3) is 11.6 Å². The topological polar surface area (TPSA) is 43.9 Å². The standard InChI is InChI=1S/C16H21N3OS/c1-12(2)11-21-16-18-17-15(14-9-6-10-20-14)19(16)13-7-4-3-5-8-13/h6,9-10,13H,1,3-5,7-8,11H2,2H3. The molecule has 2 heterocycles. The molecule has 1 aliphatic rings. The van der Waals surface area contributed by atoms with Crippen LogP contribution >= 0.6 is 11.8 Å². The summed E-state index contributed by atoms with van der Waals surface area (Å²) in [5.74, 6) is 2.54. The first-order valence-electron chi connectivity index (χ1n) is 7.51. The van der Waals surface area contributed by atoms with Gasteiger partial charge in [0, 0.05) is 11.8 Å². The van der Waals surface area contributed by atoms with Crippen LogP contribution in [0.2, 0.25) is 0 Å². The lowest BCUT2D eigenvalue weighted by molar-refractivity contribution is 0.337. The maximum atomic E-state index is 5.54. The summed E-state index contributed by atoms with van der Waals surface area (Å²) >= 11 is 1.72. The molecule has 3 rings (SSSR count). The second-order valence-corrected chi connectivity index (χ2v) is 6.63. The van der Waals surface area contributed by atoms with E-state index in [1.54, 1.807) is 18.0 Å². The molecule has 0 unspecified atom stereocenters. The van der Waals surface area contributed by atoms with Gasteiger partial charge in [0.2, 0.25) is 5.82 Å². The van der Waals surface area contributed by atoms with Gasteiger partial charge in [-0.2, -0.15) is 0 Å². The predicted octanol–water partition coefficient (Wildman–Crippen LogP) is 4.71. The fourth-order valence-electron chi connectivity index (χ4n) is 2.81. The van der Waals surface area contributed by atoms with Gasteiger partial charge < -0.3 is 4.42 Å². The molecule has 0 radical (unpaired) electrons. The van der Waals surface area contributed by atoms with Crippen LogP contribution in [-0.4, -0.2) is 20.5 Å². The van der Waals surface area contributed by atoms with E-state index in [4.69, 9.17) is 4.42 Å². The minimum absolute atomic E-state index is 0.487. The van der Waals surface area contributed by atoms with Crippen LogP contribution in [0.3, 0.4) is 0 Å². The molecule has 0 amide bonds.